The van der Waals surface area contributed by atoms with Gasteiger partial charge in [-0.15, -0.1) is 0 Å². The van der Waals surface area contributed by atoms with E-state index in [1.165, 1.54) is 18.5 Å². The molecule has 2 rings (SSSR count). The SMILES string of the molecule is C[C@H](N)c1ccc(N2CCCC2CCCO)c(Br)c1. The fourth-order valence-electron chi connectivity index (χ4n) is 2.82. The summed E-state index contributed by atoms with van der Waals surface area (Å²) in [7, 11) is 0. The molecule has 1 aromatic rings. The van der Waals surface area contributed by atoms with Crippen molar-refractivity contribution in [3.05, 3.63) is 28.2 Å². The zero-order valence-electron chi connectivity index (χ0n) is 11.5. The highest BCUT2D eigenvalue weighted by Crippen LogP contribution is 2.34. The summed E-state index contributed by atoms with van der Waals surface area (Å²) in [6, 6.07) is 7.03. The van der Waals surface area contributed by atoms with Crippen LogP contribution in [0.15, 0.2) is 22.7 Å². The van der Waals surface area contributed by atoms with Gasteiger partial charge in [-0.3, -0.25) is 0 Å². The van der Waals surface area contributed by atoms with Crippen molar-refractivity contribution in [1.29, 1.82) is 0 Å². The van der Waals surface area contributed by atoms with Crippen molar-refractivity contribution in [1.82, 2.24) is 0 Å². The van der Waals surface area contributed by atoms with Gasteiger partial charge in [0.15, 0.2) is 0 Å². The first-order valence-electron chi connectivity index (χ1n) is 7.06. The number of nitrogens with zero attached hydrogens (tertiary/aromatic N) is 1. The third-order valence-corrected chi connectivity index (χ3v) is 4.51. The minimum absolute atomic E-state index is 0.0640. The Kier molecular flexibility index (Phi) is 5.25. The number of aliphatic hydroxyl groups excluding tert-OH is 1. The van der Waals surface area contributed by atoms with Gasteiger partial charge in [0.1, 0.15) is 0 Å². The van der Waals surface area contributed by atoms with E-state index < -0.39 is 0 Å². The first kappa shape index (κ1) is 14.8. The number of nitrogens with two attached hydrogens (primary N) is 1. The van der Waals surface area contributed by atoms with Gasteiger partial charge in [0.05, 0.1) is 5.69 Å². The highest BCUT2D eigenvalue weighted by molar-refractivity contribution is 9.10. The molecule has 106 valence electrons. The predicted octanol–water partition coefficient (Wildman–Crippen LogP) is 3.21. The van der Waals surface area contributed by atoms with Crippen LogP contribution in [-0.4, -0.2) is 24.3 Å². The Bertz CT molecular complexity index is 423. The second-order valence-corrected chi connectivity index (χ2v) is 6.21. The Morgan fingerprint density at radius 1 is 1.53 bits per heavy atom. The molecule has 1 heterocycles. The fraction of sp³-hybridized carbons (Fsp3) is 0.600. The Labute approximate surface area is 123 Å². The molecule has 0 aliphatic carbocycles. The summed E-state index contributed by atoms with van der Waals surface area (Å²) in [6.07, 6.45) is 4.41. The van der Waals surface area contributed by atoms with E-state index in [4.69, 9.17) is 10.8 Å². The molecule has 3 nitrogen and oxygen atoms in total. The van der Waals surface area contributed by atoms with Gasteiger partial charge in [-0.05, 0) is 66.2 Å². The van der Waals surface area contributed by atoms with Crippen LogP contribution in [0.4, 0.5) is 5.69 Å². The van der Waals surface area contributed by atoms with Gasteiger partial charge >= 0.3 is 0 Å². The molecular formula is C15H23BrN2O. The standard InChI is InChI=1S/C15H23BrN2O/c1-11(17)12-6-7-15(14(16)10-12)18-8-2-4-13(18)5-3-9-19/h6-7,10-11,13,19H,2-5,8-9,17H2,1H3/t11-,13?/m0/s1. The second kappa shape index (κ2) is 6.73. The number of rotatable bonds is 5. The third kappa shape index (κ3) is 3.50. The molecule has 0 aromatic heterocycles. The smallest absolute Gasteiger partial charge is 0.0513 e. The van der Waals surface area contributed by atoms with Crippen LogP contribution in [0.25, 0.3) is 0 Å². The van der Waals surface area contributed by atoms with Gasteiger partial charge in [-0.25, -0.2) is 0 Å². The second-order valence-electron chi connectivity index (χ2n) is 5.35. The van der Waals surface area contributed by atoms with Crippen LogP contribution < -0.4 is 10.6 Å². The molecule has 0 spiro atoms. The maximum atomic E-state index is 8.99. The van der Waals surface area contributed by atoms with E-state index in [1.54, 1.807) is 0 Å². The summed E-state index contributed by atoms with van der Waals surface area (Å²) >= 11 is 3.67. The molecule has 0 amide bonds. The van der Waals surface area contributed by atoms with Gasteiger partial charge in [0.25, 0.3) is 0 Å². The molecule has 1 unspecified atom stereocenters. The largest absolute Gasteiger partial charge is 0.396 e. The lowest BCUT2D eigenvalue weighted by molar-refractivity contribution is 0.279. The lowest BCUT2D eigenvalue weighted by Crippen LogP contribution is -2.29. The average molecular weight is 327 g/mol. The van der Waals surface area contributed by atoms with Crippen molar-refractivity contribution in [3.8, 4) is 0 Å². The third-order valence-electron chi connectivity index (χ3n) is 3.88. The number of hydrogen-bond donors (Lipinski definition) is 2. The quantitative estimate of drug-likeness (QED) is 0.873. The van der Waals surface area contributed by atoms with Crippen LogP contribution in [0.2, 0.25) is 0 Å². The molecule has 1 aliphatic rings. The molecule has 0 saturated carbocycles. The van der Waals surface area contributed by atoms with E-state index in [0.717, 1.165) is 29.4 Å². The summed E-state index contributed by atoms with van der Waals surface area (Å²) in [5.41, 5.74) is 8.33. The zero-order chi connectivity index (χ0) is 13.8. The van der Waals surface area contributed by atoms with Gasteiger partial charge in [0, 0.05) is 29.7 Å². The molecule has 0 radical (unpaired) electrons. The fourth-order valence-corrected chi connectivity index (χ4v) is 3.44. The first-order valence-corrected chi connectivity index (χ1v) is 7.85. The molecular weight excluding hydrogens is 304 g/mol. The van der Waals surface area contributed by atoms with E-state index in [1.807, 2.05) is 6.92 Å². The number of anilines is 1. The van der Waals surface area contributed by atoms with E-state index in [9.17, 15) is 0 Å². The maximum Gasteiger partial charge on any atom is 0.0513 e. The van der Waals surface area contributed by atoms with Crippen molar-refractivity contribution >= 4 is 21.6 Å². The summed E-state index contributed by atoms with van der Waals surface area (Å²) in [5.74, 6) is 0. The predicted molar refractivity (Wildman–Crippen MR) is 83.4 cm³/mol. The van der Waals surface area contributed by atoms with Gasteiger partial charge in [-0.2, -0.15) is 0 Å². The van der Waals surface area contributed by atoms with Gasteiger partial charge in [-0.1, -0.05) is 6.07 Å². The number of benzene rings is 1. The minimum Gasteiger partial charge on any atom is -0.396 e. The number of halogens is 1. The minimum atomic E-state index is 0.0640. The molecule has 3 N–H and O–H groups in total. The van der Waals surface area contributed by atoms with Crippen molar-refractivity contribution in [2.75, 3.05) is 18.1 Å². The van der Waals surface area contributed by atoms with Crippen molar-refractivity contribution in [2.45, 2.75) is 44.7 Å². The molecule has 1 saturated heterocycles. The van der Waals surface area contributed by atoms with Crippen molar-refractivity contribution in [2.24, 2.45) is 5.73 Å². The van der Waals surface area contributed by atoms with Crippen molar-refractivity contribution < 1.29 is 5.11 Å². The Balaban J connectivity index is 2.16. The van der Waals surface area contributed by atoms with E-state index in [-0.39, 0.29) is 12.6 Å². The van der Waals surface area contributed by atoms with Crippen molar-refractivity contribution in [3.63, 3.8) is 0 Å². The molecule has 1 aliphatic heterocycles. The molecule has 2 atom stereocenters. The number of hydrogen-bond acceptors (Lipinski definition) is 3. The van der Waals surface area contributed by atoms with E-state index in [2.05, 4.69) is 39.0 Å². The highest BCUT2D eigenvalue weighted by Gasteiger charge is 2.25. The van der Waals surface area contributed by atoms with Gasteiger partial charge < -0.3 is 15.7 Å². The van der Waals surface area contributed by atoms with E-state index in [0.29, 0.717) is 6.04 Å². The topological polar surface area (TPSA) is 49.5 Å². The lowest BCUT2D eigenvalue weighted by Gasteiger charge is -2.28. The van der Waals surface area contributed by atoms with E-state index >= 15 is 0 Å². The Morgan fingerprint density at radius 3 is 2.95 bits per heavy atom. The summed E-state index contributed by atoms with van der Waals surface area (Å²) < 4.78 is 1.12. The van der Waals surface area contributed by atoms with Crippen LogP contribution in [0.3, 0.4) is 0 Å². The molecule has 0 bridgehead atoms. The summed E-state index contributed by atoms with van der Waals surface area (Å²) in [5, 5.41) is 8.99. The van der Waals surface area contributed by atoms with Crippen LogP contribution in [0.5, 0.6) is 0 Å². The van der Waals surface area contributed by atoms with Crippen LogP contribution in [0.1, 0.15) is 44.2 Å². The molecule has 4 heteroatoms. The van der Waals surface area contributed by atoms with Crippen LogP contribution in [-0.2, 0) is 0 Å². The Hall–Kier alpha value is -0.580. The highest BCUT2D eigenvalue weighted by atomic mass is 79.9. The van der Waals surface area contributed by atoms with Crippen LogP contribution in [0, 0.1) is 0 Å². The lowest BCUT2D eigenvalue weighted by atomic mass is 10.1. The molecule has 19 heavy (non-hydrogen) atoms. The first-order chi connectivity index (χ1) is 9.13. The number of aliphatic hydroxyl groups is 1. The maximum absolute atomic E-state index is 8.99. The average Bonchev–Trinajstić information content (AvgIpc) is 2.84. The normalized spacial score (nSPS) is 20.8. The summed E-state index contributed by atoms with van der Waals surface area (Å²) in [4.78, 5) is 2.46. The zero-order valence-corrected chi connectivity index (χ0v) is 13.1. The molecule has 1 aromatic carbocycles. The molecule has 1 fully saturated rings. The van der Waals surface area contributed by atoms with Crippen LogP contribution >= 0.6 is 15.9 Å². The van der Waals surface area contributed by atoms with Gasteiger partial charge in [0.2, 0.25) is 0 Å². The Morgan fingerprint density at radius 2 is 2.32 bits per heavy atom. The monoisotopic (exact) mass is 326 g/mol. The summed E-state index contributed by atoms with van der Waals surface area (Å²) in [6.45, 7) is 3.39.